The zero-order valence-electron chi connectivity index (χ0n) is 11.8. The van der Waals surface area contributed by atoms with E-state index >= 15 is 0 Å². The summed E-state index contributed by atoms with van der Waals surface area (Å²) in [6.07, 6.45) is 3.82. The number of fused-ring (bicyclic) bond motifs is 3. The highest BCUT2D eigenvalue weighted by Gasteiger charge is 2.63. The lowest BCUT2D eigenvalue weighted by Gasteiger charge is -2.25. The third-order valence-corrected chi connectivity index (χ3v) is 4.93. The largest absolute Gasteiger partial charge is 0.459 e. The Bertz CT molecular complexity index is 430. The highest BCUT2D eigenvalue weighted by Crippen LogP contribution is 2.50. The first-order valence-electron chi connectivity index (χ1n) is 7.14. The van der Waals surface area contributed by atoms with Gasteiger partial charge >= 0.3 is 5.97 Å². The van der Waals surface area contributed by atoms with Crippen molar-refractivity contribution in [1.29, 1.82) is 0 Å². The normalized spacial score (nSPS) is 49.8. The molecule has 0 radical (unpaired) electrons. The second-order valence-electron chi connectivity index (χ2n) is 6.48. The average molecular weight is 266 g/mol. The molecule has 4 heteroatoms. The summed E-state index contributed by atoms with van der Waals surface area (Å²) in [6.45, 7) is 5.96. The molecule has 19 heavy (non-hydrogen) atoms. The number of rotatable bonds is 0. The van der Waals surface area contributed by atoms with Gasteiger partial charge in [-0.1, -0.05) is 18.6 Å². The molecule has 3 aliphatic rings. The van der Waals surface area contributed by atoms with Crippen molar-refractivity contribution in [2.45, 2.75) is 63.9 Å². The van der Waals surface area contributed by atoms with E-state index in [1.165, 1.54) is 5.57 Å². The van der Waals surface area contributed by atoms with Gasteiger partial charge in [-0.3, -0.25) is 4.79 Å². The van der Waals surface area contributed by atoms with Gasteiger partial charge in [-0.05, 0) is 33.1 Å². The van der Waals surface area contributed by atoms with Crippen LogP contribution in [-0.2, 0) is 14.3 Å². The van der Waals surface area contributed by atoms with E-state index in [-0.39, 0.29) is 35.6 Å². The van der Waals surface area contributed by atoms with E-state index in [1.807, 2.05) is 13.8 Å². The summed E-state index contributed by atoms with van der Waals surface area (Å²) in [5.41, 5.74) is 0.988. The number of esters is 1. The molecule has 4 nitrogen and oxygen atoms in total. The van der Waals surface area contributed by atoms with Crippen LogP contribution in [0.25, 0.3) is 0 Å². The zero-order chi connectivity index (χ0) is 13.8. The van der Waals surface area contributed by atoms with Crippen molar-refractivity contribution < 1.29 is 19.4 Å². The number of aliphatic hydroxyl groups is 1. The third kappa shape index (κ3) is 2.11. The van der Waals surface area contributed by atoms with Gasteiger partial charge in [0, 0.05) is 5.92 Å². The van der Waals surface area contributed by atoms with E-state index in [4.69, 9.17) is 9.47 Å². The molecule has 0 amide bonds. The van der Waals surface area contributed by atoms with Gasteiger partial charge in [0.15, 0.2) is 0 Å². The van der Waals surface area contributed by atoms with Gasteiger partial charge in [-0.2, -0.15) is 0 Å². The number of aliphatic hydroxyl groups excluding tert-OH is 1. The van der Waals surface area contributed by atoms with Crippen LogP contribution in [0.3, 0.4) is 0 Å². The summed E-state index contributed by atoms with van der Waals surface area (Å²) in [6, 6.07) is 0. The van der Waals surface area contributed by atoms with Crippen LogP contribution in [0.2, 0.25) is 0 Å². The van der Waals surface area contributed by atoms with Crippen molar-refractivity contribution in [3.05, 3.63) is 11.6 Å². The summed E-state index contributed by atoms with van der Waals surface area (Å²) < 4.78 is 11.3. The minimum Gasteiger partial charge on any atom is -0.459 e. The number of ether oxygens (including phenoxy) is 2. The van der Waals surface area contributed by atoms with Crippen molar-refractivity contribution in [3.8, 4) is 0 Å². The molecule has 3 rings (SSSR count). The number of allylic oxidation sites excluding steroid dienone is 1. The Labute approximate surface area is 113 Å². The Hall–Kier alpha value is -0.870. The predicted octanol–water partition coefficient (Wildman–Crippen LogP) is 1.81. The molecule has 0 bridgehead atoms. The molecule has 2 saturated heterocycles. The van der Waals surface area contributed by atoms with Crippen molar-refractivity contribution in [2.75, 3.05) is 0 Å². The fourth-order valence-electron chi connectivity index (χ4n) is 3.60. The number of hydrogen-bond acceptors (Lipinski definition) is 4. The van der Waals surface area contributed by atoms with Crippen LogP contribution in [0.1, 0.15) is 40.0 Å². The molecule has 6 atom stereocenters. The van der Waals surface area contributed by atoms with E-state index in [2.05, 4.69) is 13.0 Å². The van der Waals surface area contributed by atoms with Crippen LogP contribution in [-0.4, -0.2) is 35.0 Å². The number of carbonyl (C=O) groups excluding carboxylic acids is 1. The second kappa shape index (κ2) is 4.32. The van der Waals surface area contributed by atoms with Gasteiger partial charge in [-0.25, -0.2) is 0 Å². The van der Waals surface area contributed by atoms with Gasteiger partial charge in [0.25, 0.3) is 0 Å². The van der Waals surface area contributed by atoms with Gasteiger partial charge in [-0.15, -0.1) is 0 Å². The van der Waals surface area contributed by atoms with E-state index in [0.29, 0.717) is 6.42 Å². The third-order valence-electron chi connectivity index (χ3n) is 4.93. The molecule has 2 heterocycles. The summed E-state index contributed by atoms with van der Waals surface area (Å²) in [4.78, 5) is 11.8. The minimum absolute atomic E-state index is 0.0483. The standard InChI is InChI=1S/C15H22O4/c1-8-5-4-6-15(3)13(19-15)12-11(10(16)7-8)9(2)14(17)18-12/h5,9-13,16H,4,6-7H2,1-3H3. The van der Waals surface area contributed by atoms with Crippen LogP contribution in [0.15, 0.2) is 11.6 Å². The highest BCUT2D eigenvalue weighted by atomic mass is 16.6. The first-order valence-corrected chi connectivity index (χ1v) is 7.14. The summed E-state index contributed by atoms with van der Waals surface area (Å²) >= 11 is 0. The molecule has 0 aromatic carbocycles. The molecule has 2 aliphatic heterocycles. The SMILES string of the molecule is CC1=CCCC2(C)OC2C2OC(=O)C(C)C2C(O)C1. The Morgan fingerprint density at radius 1 is 1.47 bits per heavy atom. The van der Waals surface area contributed by atoms with Crippen LogP contribution < -0.4 is 0 Å². The topological polar surface area (TPSA) is 59.1 Å². The Morgan fingerprint density at radius 2 is 2.21 bits per heavy atom. The smallest absolute Gasteiger partial charge is 0.309 e. The molecular formula is C15H22O4. The first kappa shape index (κ1) is 13.1. The first-order chi connectivity index (χ1) is 8.92. The van der Waals surface area contributed by atoms with Gasteiger partial charge in [0.05, 0.1) is 17.6 Å². The molecule has 2 fully saturated rings. The Balaban J connectivity index is 1.91. The Morgan fingerprint density at radius 3 is 2.95 bits per heavy atom. The van der Waals surface area contributed by atoms with E-state index in [1.54, 1.807) is 0 Å². The molecule has 0 spiro atoms. The maximum absolute atomic E-state index is 11.8. The number of carbonyl (C=O) groups is 1. The van der Waals surface area contributed by atoms with Crippen molar-refractivity contribution >= 4 is 5.97 Å². The van der Waals surface area contributed by atoms with Crippen LogP contribution in [0.4, 0.5) is 0 Å². The van der Waals surface area contributed by atoms with Crippen molar-refractivity contribution in [2.24, 2.45) is 11.8 Å². The quantitative estimate of drug-likeness (QED) is 0.413. The van der Waals surface area contributed by atoms with Crippen molar-refractivity contribution in [1.82, 2.24) is 0 Å². The van der Waals surface area contributed by atoms with Gasteiger partial charge in [0.1, 0.15) is 12.2 Å². The summed E-state index contributed by atoms with van der Waals surface area (Å²) in [7, 11) is 0. The predicted molar refractivity (Wildman–Crippen MR) is 69.4 cm³/mol. The molecular weight excluding hydrogens is 244 g/mol. The van der Waals surface area contributed by atoms with Gasteiger partial charge in [0.2, 0.25) is 0 Å². The van der Waals surface area contributed by atoms with Crippen LogP contribution in [0, 0.1) is 11.8 Å². The maximum Gasteiger partial charge on any atom is 0.309 e. The van der Waals surface area contributed by atoms with E-state index in [9.17, 15) is 9.90 Å². The monoisotopic (exact) mass is 266 g/mol. The number of epoxide rings is 1. The van der Waals surface area contributed by atoms with Crippen LogP contribution >= 0.6 is 0 Å². The lowest BCUT2D eigenvalue weighted by Crippen LogP contribution is -2.37. The minimum atomic E-state index is -0.533. The van der Waals surface area contributed by atoms with Gasteiger partial charge < -0.3 is 14.6 Å². The molecule has 6 unspecified atom stereocenters. The van der Waals surface area contributed by atoms with E-state index < -0.39 is 6.10 Å². The molecule has 0 aromatic rings. The molecule has 1 N–H and O–H groups in total. The van der Waals surface area contributed by atoms with Crippen LogP contribution in [0.5, 0.6) is 0 Å². The fraction of sp³-hybridized carbons (Fsp3) is 0.800. The molecule has 106 valence electrons. The lowest BCUT2D eigenvalue weighted by molar-refractivity contribution is -0.144. The zero-order valence-corrected chi connectivity index (χ0v) is 11.8. The molecule has 0 aromatic heterocycles. The second-order valence-corrected chi connectivity index (χ2v) is 6.48. The maximum atomic E-state index is 11.8. The molecule has 1 aliphatic carbocycles. The lowest BCUT2D eigenvalue weighted by atomic mass is 9.80. The summed E-state index contributed by atoms with van der Waals surface area (Å²) in [5, 5.41) is 10.5. The van der Waals surface area contributed by atoms with E-state index in [0.717, 1.165) is 12.8 Å². The van der Waals surface area contributed by atoms with Crippen molar-refractivity contribution in [3.63, 3.8) is 0 Å². The summed E-state index contributed by atoms with van der Waals surface area (Å²) in [5.74, 6) is -0.603. The highest BCUT2D eigenvalue weighted by molar-refractivity contribution is 5.75. The fourth-order valence-corrected chi connectivity index (χ4v) is 3.60. The number of hydrogen-bond donors (Lipinski definition) is 1. The Kier molecular flexibility index (Phi) is 2.98. The average Bonchev–Trinajstić information content (AvgIpc) is 2.89. The molecule has 0 saturated carbocycles.